The summed E-state index contributed by atoms with van der Waals surface area (Å²) in [7, 11) is 0. The van der Waals surface area contributed by atoms with Crippen molar-refractivity contribution in [1.82, 2.24) is 0 Å². The number of furan rings is 1. The molecule has 0 aliphatic heterocycles. The van der Waals surface area contributed by atoms with Gasteiger partial charge in [-0.2, -0.15) is 0 Å². The lowest BCUT2D eigenvalue weighted by Crippen LogP contribution is -2.14. The standard InChI is InChI=1S/C57H41NO/c1-57(2)50-30-13-11-25-45(50)49-37-41(34-35-51(49)57)40-22-15-23-42(36-40)58(53-32-17-29-48-46-26-12-14-33-54(46)59-56(48)53)52-31-16-28-44(39-20-7-4-8-21-39)55(52)47-27-10-9-24-43(47)38-18-5-3-6-19-38/h3-37H,1-2H3. The van der Waals surface area contributed by atoms with Crippen molar-refractivity contribution in [3.63, 3.8) is 0 Å². The van der Waals surface area contributed by atoms with E-state index in [-0.39, 0.29) is 5.41 Å². The summed E-state index contributed by atoms with van der Waals surface area (Å²) < 4.78 is 6.84. The van der Waals surface area contributed by atoms with Gasteiger partial charge in [0.1, 0.15) is 5.58 Å². The lowest BCUT2D eigenvalue weighted by atomic mass is 9.82. The Bertz CT molecular complexity index is 3190. The van der Waals surface area contributed by atoms with Gasteiger partial charge in [0, 0.05) is 27.4 Å². The number of anilines is 3. The first kappa shape index (κ1) is 34.8. The van der Waals surface area contributed by atoms with E-state index in [2.05, 4.69) is 225 Å². The van der Waals surface area contributed by atoms with E-state index >= 15 is 0 Å². The molecule has 280 valence electrons. The van der Waals surface area contributed by atoms with Gasteiger partial charge in [-0.15, -0.1) is 0 Å². The van der Waals surface area contributed by atoms with Crippen LogP contribution >= 0.6 is 0 Å². The topological polar surface area (TPSA) is 16.4 Å². The number of rotatable bonds is 7. The van der Waals surface area contributed by atoms with Gasteiger partial charge < -0.3 is 9.32 Å². The summed E-state index contributed by atoms with van der Waals surface area (Å²) in [6, 6.07) is 76.8. The van der Waals surface area contributed by atoms with Gasteiger partial charge in [0.25, 0.3) is 0 Å². The molecule has 0 bridgehead atoms. The number of nitrogens with zero attached hydrogens (tertiary/aromatic N) is 1. The second kappa shape index (κ2) is 13.9. The molecular weight excluding hydrogens is 715 g/mol. The highest BCUT2D eigenvalue weighted by Gasteiger charge is 2.35. The Labute approximate surface area is 345 Å². The van der Waals surface area contributed by atoms with Crippen molar-refractivity contribution in [3.8, 4) is 55.6 Å². The minimum absolute atomic E-state index is 0.0510. The molecule has 10 aromatic rings. The molecule has 59 heavy (non-hydrogen) atoms. The molecule has 0 unspecified atom stereocenters. The summed E-state index contributed by atoms with van der Waals surface area (Å²) in [5.74, 6) is 0. The van der Waals surface area contributed by atoms with E-state index in [4.69, 9.17) is 4.42 Å². The molecule has 9 aromatic carbocycles. The first-order valence-electron chi connectivity index (χ1n) is 20.4. The fourth-order valence-corrected chi connectivity index (χ4v) is 9.48. The van der Waals surface area contributed by atoms with Crippen LogP contribution in [0, 0.1) is 0 Å². The maximum atomic E-state index is 6.84. The Morgan fingerprint density at radius 1 is 0.373 bits per heavy atom. The average Bonchev–Trinajstić information content (AvgIpc) is 3.79. The average molecular weight is 756 g/mol. The molecule has 0 N–H and O–H groups in total. The van der Waals surface area contributed by atoms with Crippen molar-refractivity contribution >= 4 is 39.0 Å². The first-order chi connectivity index (χ1) is 29.0. The predicted molar refractivity (Wildman–Crippen MR) is 248 cm³/mol. The van der Waals surface area contributed by atoms with Crippen molar-refractivity contribution in [2.75, 3.05) is 4.90 Å². The monoisotopic (exact) mass is 755 g/mol. The fourth-order valence-electron chi connectivity index (χ4n) is 9.48. The van der Waals surface area contributed by atoms with Gasteiger partial charge >= 0.3 is 0 Å². The summed E-state index contributed by atoms with van der Waals surface area (Å²) >= 11 is 0. The molecule has 0 spiro atoms. The lowest BCUT2D eigenvalue weighted by molar-refractivity contribution is 0.660. The fraction of sp³-hybridized carbons (Fsp3) is 0.0526. The van der Waals surface area contributed by atoms with E-state index < -0.39 is 0 Å². The number of para-hydroxylation sites is 2. The molecular formula is C57H41NO. The molecule has 0 fully saturated rings. The van der Waals surface area contributed by atoms with Crippen molar-refractivity contribution in [2.45, 2.75) is 19.3 Å². The zero-order chi connectivity index (χ0) is 39.5. The highest BCUT2D eigenvalue weighted by Crippen LogP contribution is 2.52. The molecule has 0 radical (unpaired) electrons. The smallest absolute Gasteiger partial charge is 0.159 e. The molecule has 1 aliphatic carbocycles. The Hall–Kier alpha value is -7.42. The Balaban J connectivity index is 1.19. The Kier molecular flexibility index (Phi) is 8.20. The largest absolute Gasteiger partial charge is 0.454 e. The molecule has 2 nitrogen and oxygen atoms in total. The summed E-state index contributed by atoms with van der Waals surface area (Å²) in [5, 5.41) is 2.19. The second-order valence-electron chi connectivity index (χ2n) is 16.0. The number of hydrogen-bond acceptors (Lipinski definition) is 2. The molecule has 0 saturated heterocycles. The molecule has 11 rings (SSSR count). The zero-order valence-corrected chi connectivity index (χ0v) is 33.1. The van der Waals surface area contributed by atoms with Crippen LogP contribution in [-0.4, -0.2) is 0 Å². The summed E-state index contributed by atoms with van der Waals surface area (Å²) in [4.78, 5) is 2.42. The van der Waals surface area contributed by atoms with Crippen molar-refractivity contribution in [2.24, 2.45) is 0 Å². The van der Waals surface area contributed by atoms with Crippen LogP contribution in [0.15, 0.2) is 217 Å². The van der Waals surface area contributed by atoms with E-state index in [9.17, 15) is 0 Å². The van der Waals surface area contributed by atoms with Crippen LogP contribution in [0.4, 0.5) is 17.1 Å². The highest BCUT2D eigenvalue weighted by atomic mass is 16.3. The minimum Gasteiger partial charge on any atom is -0.454 e. The van der Waals surface area contributed by atoms with Crippen LogP contribution < -0.4 is 4.90 Å². The van der Waals surface area contributed by atoms with E-state index in [0.717, 1.165) is 66.8 Å². The van der Waals surface area contributed by atoms with Gasteiger partial charge in [0.05, 0.1) is 11.4 Å². The molecule has 0 atom stereocenters. The number of hydrogen-bond donors (Lipinski definition) is 0. The van der Waals surface area contributed by atoms with Crippen LogP contribution in [-0.2, 0) is 5.41 Å². The normalized spacial score (nSPS) is 12.7. The van der Waals surface area contributed by atoms with Gasteiger partial charge in [-0.25, -0.2) is 0 Å². The van der Waals surface area contributed by atoms with Crippen LogP contribution in [0.3, 0.4) is 0 Å². The first-order valence-corrected chi connectivity index (χ1v) is 20.4. The molecule has 0 saturated carbocycles. The maximum absolute atomic E-state index is 6.84. The Morgan fingerprint density at radius 2 is 0.932 bits per heavy atom. The zero-order valence-electron chi connectivity index (χ0n) is 33.1. The van der Waals surface area contributed by atoms with Gasteiger partial charge in [-0.3, -0.25) is 0 Å². The third-order valence-corrected chi connectivity index (χ3v) is 12.3. The predicted octanol–water partition coefficient (Wildman–Crippen LogP) is 16.0. The molecule has 1 aliphatic rings. The van der Waals surface area contributed by atoms with E-state index in [1.165, 1.54) is 38.9 Å². The number of benzene rings is 9. The second-order valence-corrected chi connectivity index (χ2v) is 16.0. The Morgan fingerprint density at radius 3 is 1.75 bits per heavy atom. The van der Waals surface area contributed by atoms with Gasteiger partial charge in [-0.05, 0) is 97.6 Å². The van der Waals surface area contributed by atoms with E-state index in [0.29, 0.717) is 0 Å². The SMILES string of the molecule is CC1(C)c2ccccc2-c2cc(-c3cccc(N(c4cccc(-c5ccccc5)c4-c4ccccc4-c4ccccc4)c4cccc5c4oc4ccccc45)c3)ccc21. The van der Waals surface area contributed by atoms with Gasteiger partial charge in [-0.1, -0.05) is 190 Å². The highest BCUT2D eigenvalue weighted by molar-refractivity contribution is 6.11. The van der Waals surface area contributed by atoms with Gasteiger partial charge in [0.2, 0.25) is 0 Å². The summed E-state index contributed by atoms with van der Waals surface area (Å²) in [6.45, 7) is 4.68. The third kappa shape index (κ3) is 5.71. The lowest BCUT2D eigenvalue weighted by Gasteiger charge is -2.30. The maximum Gasteiger partial charge on any atom is 0.159 e. The summed E-state index contributed by atoms with van der Waals surface area (Å²) in [6.07, 6.45) is 0. The van der Waals surface area contributed by atoms with Crippen LogP contribution in [0.2, 0.25) is 0 Å². The minimum atomic E-state index is -0.0510. The molecule has 0 amide bonds. The van der Waals surface area contributed by atoms with Crippen molar-refractivity contribution in [1.29, 1.82) is 0 Å². The number of fused-ring (bicyclic) bond motifs is 6. The van der Waals surface area contributed by atoms with Crippen molar-refractivity contribution < 1.29 is 4.42 Å². The van der Waals surface area contributed by atoms with Crippen LogP contribution in [0.25, 0.3) is 77.6 Å². The third-order valence-electron chi connectivity index (χ3n) is 12.3. The van der Waals surface area contributed by atoms with Gasteiger partial charge in [0.15, 0.2) is 5.58 Å². The summed E-state index contributed by atoms with van der Waals surface area (Å²) in [5.41, 5.74) is 19.4. The quantitative estimate of drug-likeness (QED) is 0.161. The van der Waals surface area contributed by atoms with Crippen LogP contribution in [0.1, 0.15) is 25.0 Å². The van der Waals surface area contributed by atoms with Crippen LogP contribution in [0.5, 0.6) is 0 Å². The molecule has 1 aromatic heterocycles. The molecule has 1 heterocycles. The van der Waals surface area contributed by atoms with E-state index in [1.54, 1.807) is 0 Å². The van der Waals surface area contributed by atoms with E-state index in [1.807, 2.05) is 6.07 Å². The molecule has 2 heteroatoms. The van der Waals surface area contributed by atoms with Crippen molar-refractivity contribution in [3.05, 3.63) is 223 Å².